The molecule has 2 rings (SSSR count). The van der Waals surface area contributed by atoms with Gasteiger partial charge in [-0.05, 0) is 36.8 Å². The number of aliphatic carboxylic acids is 1. The van der Waals surface area contributed by atoms with Crippen molar-refractivity contribution in [2.75, 3.05) is 5.32 Å². The summed E-state index contributed by atoms with van der Waals surface area (Å²) in [6.45, 7) is 2.09. The minimum atomic E-state index is -1.19. The molecule has 0 atom stereocenters. The second kappa shape index (κ2) is 8.37. The molecule has 0 spiro atoms. The van der Waals surface area contributed by atoms with Crippen LogP contribution in [0.5, 0.6) is 0 Å². The summed E-state index contributed by atoms with van der Waals surface area (Å²) in [7, 11) is 0. The largest absolute Gasteiger partial charge is 0.481 e. The van der Waals surface area contributed by atoms with Crippen molar-refractivity contribution in [3.8, 4) is 0 Å². The van der Waals surface area contributed by atoms with E-state index in [4.69, 9.17) is 5.11 Å². The number of carboxylic acid groups (broad SMARTS) is 1. The van der Waals surface area contributed by atoms with Crippen molar-refractivity contribution in [2.45, 2.75) is 13.3 Å². The van der Waals surface area contributed by atoms with Crippen LogP contribution in [0.3, 0.4) is 0 Å². The topological polar surface area (TPSA) is 92.4 Å². The van der Waals surface area contributed by atoms with Gasteiger partial charge >= 0.3 is 5.97 Å². The number of rotatable bonds is 4. The molecule has 21 heavy (non-hydrogen) atoms. The Morgan fingerprint density at radius 3 is 2.14 bits per heavy atom. The predicted molar refractivity (Wildman–Crippen MR) is 82.4 cm³/mol. The van der Waals surface area contributed by atoms with E-state index in [1.807, 2.05) is 18.2 Å². The molecule has 0 fully saturated rings. The number of benzene rings is 2. The van der Waals surface area contributed by atoms with Gasteiger partial charge in [0.2, 0.25) is 5.91 Å². The maximum Gasteiger partial charge on any atom is 0.312 e. The fourth-order valence-corrected chi connectivity index (χ4v) is 1.56. The van der Waals surface area contributed by atoms with Gasteiger partial charge in [-0.1, -0.05) is 30.3 Å². The van der Waals surface area contributed by atoms with Crippen molar-refractivity contribution in [2.24, 2.45) is 5.73 Å². The number of carbonyl (C=O) groups excluding carboxylic acids is 1. The molecule has 0 heterocycles. The molecule has 4 N–H and O–H groups in total. The minimum absolute atomic E-state index is 0.583. The van der Waals surface area contributed by atoms with Crippen molar-refractivity contribution in [3.63, 3.8) is 0 Å². The minimum Gasteiger partial charge on any atom is -0.481 e. The molecule has 0 radical (unpaired) electrons. The average molecular weight is 286 g/mol. The number of amides is 1. The van der Waals surface area contributed by atoms with Gasteiger partial charge < -0.3 is 16.2 Å². The third-order valence-corrected chi connectivity index (χ3v) is 2.41. The van der Waals surface area contributed by atoms with E-state index in [-0.39, 0.29) is 0 Å². The molecule has 0 aliphatic heterocycles. The van der Waals surface area contributed by atoms with Gasteiger partial charge in [0.15, 0.2) is 0 Å². The summed E-state index contributed by atoms with van der Waals surface area (Å²) >= 11 is 0. The van der Waals surface area contributed by atoms with E-state index in [0.29, 0.717) is 0 Å². The Kier molecular flexibility index (Phi) is 6.47. The summed E-state index contributed by atoms with van der Waals surface area (Å²) in [5.74, 6) is -2.00. The first-order valence-corrected chi connectivity index (χ1v) is 6.36. The van der Waals surface area contributed by atoms with Crippen molar-refractivity contribution in [1.82, 2.24) is 0 Å². The standard InChI is InChI=1S/C13H13N.C3H5NO3/c1-11-6-5-9-13(10-11)14-12-7-3-2-4-8-12;4-2(5)1-3(6)7/h2-10,14H,1H3;1H2,(H2,4,5)(H,6,7). The van der Waals surface area contributed by atoms with Crippen LogP contribution in [-0.4, -0.2) is 17.0 Å². The molecular formula is C16H18N2O3. The highest BCUT2D eigenvalue weighted by Crippen LogP contribution is 2.16. The molecule has 0 aliphatic carbocycles. The van der Waals surface area contributed by atoms with Gasteiger partial charge in [-0.25, -0.2) is 0 Å². The molecule has 2 aromatic carbocycles. The number of hydrogen-bond acceptors (Lipinski definition) is 3. The number of nitrogens with two attached hydrogens (primary N) is 1. The lowest BCUT2D eigenvalue weighted by molar-refractivity contribution is -0.139. The van der Waals surface area contributed by atoms with E-state index in [2.05, 4.69) is 54.4 Å². The highest BCUT2D eigenvalue weighted by atomic mass is 16.4. The van der Waals surface area contributed by atoms with Crippen LogP contribution < -0.4 is 11.1 Å². The summed E-state index contributed by atoms with van der Waals surface area (Å²) in [5.41, 5.74) is 8.00. The number of aryl methyl sites for hydroxylation is 1. The highest BCUT2D eigenvalue weighted by molar-refractivity contribution is 5.92. The van der Waals surface area contributed by atoms with Crippen molar-refractivity contribution >= 4 is 23.3 Å². The Bertz CT molecular complexity index is 585. The summed E-state index contributed by atoms with van der Waals surface area (Å²) in [6, 6.07) is 18.5. The fraction of sp³-hybridized carbons (Fsp3) is 0.125. The quantitative estimate of drug-likeness (QED) is 0.753. The lowest BCUT2D eigenvalue weighted by Crippen LogP contribution is -2.15. The number of anilines is 2. The molecular weight excluding hydrogens is 268 g/mol. The van der Waals surface area contributed by atoms with E-state index in [1.165, 1.54) is 5.56 Å². The van der Waals surface area contributed by atoms with Gasteiger partial charge in [0, 0.05) is 11.4 Å². The first kappa shape index (κ1) is 16.2. The van der Waals surface area contributed by atoms with E-state index >= 15 is 0 Å². The number of nitrogens with one attached hydrogen (secondary N) is 1. The SMILES string of the molecule is Cc1cccc(Nc2ccccc2)c1.NC(=O)CC(=O)O. The average Bonchev–Trinajstić information content (AvgIpc) is 2.39. The van der Waals surface area contributed by atoms with Crippen LogP contribution >= 0.6 is 0 Å². The number of carbonyl (C=O) groups is 2. The van der Waals surface area contributed by atoms with Gasteiger partial charge in [0.25, 0.3) is 0 Å². The molecule has 110 valence electrons. The lowest BCUT2D eigenvalue weighted by atomic mass is 10.2. The smallest absolute Gasteiger partial charge is 0.312 e. The van der Waals surface area contributed by atoms with Gasteiger partial charge in [-0.2, -0.15) is 0 Å². The molecule has 0 aromatic heterocycles. The molecule has 1 amide bonds. The number of para-hydroxylation sites is 1. The molecule has 5 nitrogen and oxygen atoms in total. The Hall–Kier alpha value is -2.82. The van der Waals surface area contributed by atoms with Crippen LogP contribution in [-0.2, 0) is 9.59 Å². The Balaban J connectivity index is 0.000000270. The zero-order valence-electron chi connectivity index (χ0n) is 11.7. The van der Waals surface area contributed by atoms with E-state index in [1.54, 1.807) is 0 Å². The Labute approximate surface area is 123 Å². The number of carboxylic acids is 1. The normalized spacial score (nSPS) is 9.19. The van der Waals surface area contributed by atoms with E-state index < -0.39 is 18.3 Å². The van der Waals surface area contributed by atoms with Crippen molar-refractivity contribution < 1.29 is 14.7 Å². The van der Waals surface area contributed by atoms with E-state index in [0.717, 1.165) is 11.4 Å². The number of hydrogen-bond donors (Lipinski definition) is 3. The maximum atomic E-state index is 9.65. The Morgan fingerprint density at radius 1 is 1.05 bits per heavy atom. The summed E-state index contributed by atoms with van der Waals surface area (Å²) < 4.78 is 0. The van der Waals surface area contributed by atoms with Crippen LogP contribution in [0.1, 0.15) is 12.0 Å². The highest BCUT2D eigenvalue weighted by Gasteiger charge is 1.99. The molecule has 0 saturated carbocycles. The van der Waals surface area contributed by atoms with Gasteiger partial charge in [0.1, 0.15) is 6.42 Å². The third-order valence-electron chi connectivity index (χ3n) is 2.41. The third kappa shape index (κ3) is 7.37. The van der Waals surface area contributed by atoms with Crippen molar-refractivity contribution in [3.05, 3.63) is 60.2 Å². The first-order chi connectivity index (χ1) is 9.97. The molecule has 0 unspecified atom stereocenters. The summed E-state index contributed by atoms with van der Waals surface area (Å²) in [4.78, 5) is 19.2. The molecule has 0 bridgehead atoms. The van der Waals surface area contributed by atoms with Gasteiger partial charge in [-0.15, -0.1) is 0 Å². The number of primary amides is 1. The van der Waals surface area contributed by atoms with Crippen LogP contribution in [0.4, 0.5) is 11.4 Å². The monoisotopic (exact) mass is 286 g/mol. The van der Waals surface area contributed by atoms with Crippen LogP contribution in [0.15, 0.2) is 54.6 Å². The fourth-order valence-electron chi connectivity index (χ4n) is 1.56. The second-order valence-corrected chi connectivity index (χ2v) is 4.40. The van der Waals surface area contributed by atoms with Gasteiger partial charge in [-0.3, -0.25) is 9.59 Å². The first-order valence-electron chi connectivity index (χ1n) is 6.36. The molecule has 5 heteroatoms. The molecule has 0 aliphatic rings. The lowest BCUT2D eigenvalue weighted by Gasteiger charge is -2.06. The van der Waals surface area contributed by atoms with Crippen LogP contribution in [0, 0.1) is 6.92 Å². The zero-order chi connectivity index (χ0) is 15.7. The van der Waals surface area contributed by atoms with Gasteiger partial charge in [0.05, 0.1) is 0 Å². The summed E-state index contributed by atoms with van der Waals surface area (Å²) in [5, 5.41) is 11.1. The summed E-state index contributed by atoms with van der Waals surface area (Å²) in [6.07, 6.45) is -0.583. The Morgan fingerprint density at radius 2 is 1.67 bits per heavy atom. The van der Waals surface area contributed by atoms with Crippen LogP contribution in [0.25, 0.3) is 0 Å². The maximum absolute atomic E-state index is 9.65. The molecule has 2 aromatic rings. The van der Waals surface area contributed by atoms with Crippen molar-refractivity contribution in [1.29, 1.82) is 0 Å². The second-order valence-electron chi connectivity index (χ2n) is 4.40. The van der Waals surface area contributed by atoms with E-state index in [9.17, 15) is 9.59 Å². The predicted octanol–water partition coefficient (Wildman–Crippen LogP) is 2.69. The van der Waals surface area contributed by atoms with Crippen LogP contribution in [0.2, 0.25) is 0 Å². The zero-order valence-corrected chi connectivity index (χ0v) is 11.7. The molecule has 0 saturated heterocycles.